The van der Waals surface area contributed by atoms with Gasteiger partial charge in [0.25, 0.3) is 0 Å². The van der Waals surface area contributed by atoms with Crippen LogP contribution >= 0.6 is 0 Å². The Morgan fingerprint density at radius 3 is 1.29 bits per heavy atom. The monoisotopic (exact) mass is 756 g/mol. The van der Waals surface area contributed by atoms with E-state index in [-0.39, 0.29) is 0 Å². The number of hydrogen-bond acceptors (Lipinski definition) is 1. The van der Waals surface area contributed by atoms with Crippen molar-refractivity contribution >= 4 is 72.4 Å². The minimum atomic E-state index is -2.97. The Kier molecular flexibility index (Phi) is 7.25. The van der Waals surface area contributed by atoms with Gasteiger partial charge in [0.2, 0.25) is 0 Å². The van der Waals surface area contributed by atoms with Gasteiger partial charge in [-0.2, -0.15) is 0 Å². The van der Waals surface area contributed by atoms with Crippen molar-refractivity contribution in [3.63, 3.8) is 0 Å². The van der Waals surface area contributed by atoms with E-state index in [1.807, 2.05) is 0 Å². The molecule has 11 aromatic rings. The van der Waals surface area contributed by atoms with Crippen LogP contribution in [0.1, 0.15) is 0 Å². The van der Waals surface area contributed by atoms with Gasteiger partial charge >= 0.3 is 0 Å². The van der Waals surface area contributed by atoms with Gasteiger partial charge in [-0.1, -0.05) is 164 Å². The number of nitrogens with zero attached hydrogens (tertiary/aromatic N) is 2. The van der Waals surface area contributed by atoms with E-state index in [9.17, 15) is 0 Å². The van der Waals surface area contributed by atoms with Crippen LogP contribution < -0.4 is 25.5 Å². The minimum absolute atomic E-state index is 0.906. The average Bonchev–Trinajstić information content (AvgIpc) is 3.82. The molecule has 3 nitrogen and oxygen atoms in total. The fraction of sp³-hybridized carbons (Fsp3) is 0. The van der Waals surface area contributed by atoms with Gasteiger partial charge in [-0.25, -0.2) is 0 Å². The van der Waals surface area contributed by atoms with Crippen molar-refractivity contribution in [1.29, 1.82) is 0 Å². The molecule has 1 unspecified atom stereocenters. The molecule has 4 heteroatoms. The van der Waals surface area contributed by atoms with Gasteiger partial charge in [0, 0.05) is 39.0 Å². The summed E-state index contributed by atoms with van der Waals surface area (Å²) in [4.78, 5) is 0. The lowest BCUT2D eigenvalue weighted by molar-refractivity contribution is 0.487. The van der Waals surface area contributed by atoms with Crippen LogP contribution in [-0.4, -0.2) is 17.2 Å². The predicted octanol–water partition coefficient (Wildman–Crippen LogP) is 11.0. The molecule has 3 heterocycles. The van der Waals surface area contributed by atoms with Gasteiger partial charge in [0.1, 0.15) is 11.5 Å². The number of benzene rings is 9. The number of rotatable bonds is 5. The van der Waals surface area contributed by atoms with E-state index in [0.717, 1.165) is 22.9 Å². The van der Waals surface area contributed by atoms with Gasteiger partial charge in [0.15, 0.2) is 8.07 Å². The number of para-hydroxylation sites is 5. The van der Waals surface area contributed by atoms with E-state index in [0.29, 0.717) is 0 Å². The Hall–Kier alpha value is -7.40. The molecular weight excluding hydrogens is 721 g/mol. The Bertz CT molecular complexity index is 3260. The van der Waals surface area contributed by atoms with Gasteiger partial charge in [-0.05, 0) is 80.4 Å². The zero-order valence-electron chi connectivity index (χ0n) is 31.6. The van der Waals surface area contributed by atoms with E-state index in [1.165, 1.54) is 75.5 Å². The third kappa shape index (κ3) is 4.73. The maximum Gasteiger partial charge on any atom is 0.188 e. The van der Waals surface area contributed by atoms with Crippen molar-refractivity contribution in [3.05, 3.63) is 218 Å². The first kappa shape index (κ1) is 32.8. The number of hydrogen-bond donors (Lipinski definition) is 0. The van der Waals surface area contributed by atoms with Crippen LogP contribution in [0.2, 0.25) is 0 Å². The predicted molar refractivity (Wildman–Crippen MR) is 244 cm³/mol. The van der Waals surface area contributed by atoms with Crippen LogP contribution in [0.3, 0.4) is 0 Å². The van der Waals surface area contributed by atoms with Crippen LogP contribution in [0.4, 0.5) is 0 Å². The summed E-state index contributed by atoms with van der Waals surface area (Å²) in [6.07, 6.45) is 0. The summed E-state index contributed by atoms with van der Waals surface area (Å²) >= 11 is 0. The van der Waals surface area contributed by atoms with Crippen LogP contribution in [-0.2, 0) is 0 Å². The highest BCUT2D eigenvalue weighted by molar-refractivity contribution is 7.20. The molecule has 2 aromatic heterocycles. The fourth-order valence-corrected chi connectivity index (χ4v) is 14.6. The summed E-state index contributed by atoms with van der Waals surface area (Å²) in [5.41, 5.74) is 9.42. The zero-order chi connectivity index (χ0) is 38.2. The molecule has 0 amide bonds. The molecule has 1 aliphatic rings. The summed E-state index contributed by atoms with van der Waals surface area (Å²) in [5.74, 6) is 1.82. The normalized spacial score (nSPS) is 14.8. The molecule has 0 radical (unpaired) electrons. The highest BCUT2D eigenvalue weighted by Gasteiger charge is 2.48. The molecule has 0 fully saturated rings. The van der Waals surface area contributed by atoms with Crippen molar-refractivity contribution in [2.75, 3.05) is 0 Å². The van der Waals surface area contributed by atoms with Crippen LogP contribution in [0, 0.1) is 0 Å². The van der Waals surface area contributed by atoms with Gasteiger partial charge in [-0.15, -0.1) is 0 Å². The molecule has 58 heavy (non-hydrogen) atoms. The summed E-state index contributed by atoms with van der Waals surface area (Å²) in [7, 11) is -2.97. The second-order valence-corrected chi connectivity index (χ2v) is 19.0. The molecule has 0 N–H and O–H groups in total. The van der Waals surface area contributed by atoms with Crippen LogP contribution in [0.25, 0.3) is 66.1 Å². The highest BCUT2D eigenvalue weighted by atomic mass is 28.3. The molecule has 0 spiro atoms. The molecule has 272 valence electrons. The first-order valence-electron chi connectivity index (χ1n) is 19.9. The Balaban J connectivity index is 1.11. The highest BCUT2D eigenvalue weighted by Crippen LogP contribution is 2.37. The van der Waals surface area contributed by atoms with E-state index >= 15 is 0 Å². The van der Waals surface area contributed by atoms with Crippen molar-refractivity contribution in [2.24, 2.45) is 0 Å². The molecule has 0 saturated carbocycles. The van der Waals surface area contributed by atoms with E-state index in [1.54, 1.807) is 0 Å². The van der Waals surface area contributed by atoms with E-state index in [2.05, 4.69) is 228 Å². The molecule has 0 saturated heterocycles. The Morgan fingerprint density at radius 1 is 0.310 bits per heavy atom. The maximum atomic E-state index is 7.03. The van der Waals surface area contributed by atoms with Crippen LogP contribution in [0.5, 0.6) is 11.5 Å². The SMILES string of the molecule is c1ccc(-c2ccc([Si]3(c4ccc(-n5c6ccccc6c6ccccc65)cc4)c4ccccc4Oc4cc(-n5c6ccccc6c6ccccc65)ccc43)cc2)cc1. The number of ether oxygens (including phenoxy) is 1. The van der Waals surface area contributed by atoms with Crippen molar-refractivity contribution in [1.82, 2.24) is 9.13 Å². The van der Waals surface area contributed by atoms with Crippen molar-refractivity contribution < 1.29 is 4.74 Å². The number of aromatic nitrogens is 2. The van der Waals surface area contributed by atoms with E-state index in [4.69, 9.17) is 4.74 Å². The Labute approximate surface area is 337 Å². The zero-order valence-corrected chi connectivity index (χ0v) is 32.6. The quantitative estimate of drug-likeness (QED) is 0.160. The van der Waals surface area contributed by atoms with Crippen molar-refractivity contribution in [2.45, 2.75) is 0 Å². The summed E-state index contributed by atoms with van der Waals surface area (Å²) in [6.45, 7) is 0. The minimum Gasteiger partial charge on any atom is -0.457 e. The molecule has 1 atom stereocenters. The van der Waals surface area contributed by atoms with Gasteiger partial charge in [0.05, 0.1) is 22.1 Å². The second kappa shape index (κ2) is 12.8. The van der Waals surface area contributed by atoms with Crippen molar-refractivity contribution in [3.8, 4) is 34.0 Å². The number of fused-ring (bicyclic) bond motifs is 8. The van der Waals surface area contributed by atoms with E-state index < -0.39 is 8.07 Å². The summed E-state index contributed by atoms with van der Waals surface area (Å²) in [5, 5.41) is 10.1. The van der Waals surface area contributed by atoms with Gasteiger partial charge in [-0.3, -0.25) is 0 Å². The lowest BCUT2D eigenvalue weighted by Crippen LogP contribution is -2.76. The summed E-state index contributed by atoms with van der Waals surface area (Å²) in [6, 6.07) is 80.0. The smallest absolute Gasteiger partial charge is 0.188 e. The molecule has 1 aliphatic heterocycles. The summed E-state index contributed by atoms with van der Waals surface area (Å²) < 4.78 is 11.8. The standard InChI is InChI=1S/C54H36N2OSi/c1-2-14-37(15-3-1)38-26-31-41(32-27-38)58(42-33-28-39(29-34-42)55-47-20-8-4-16-43(47)44-17-5-9-21-48(44)55)53-25-13-12-24-51(53)57-52-36-40(30-35-54(52)58)56-49-22-10-6-18-45(49)46-19-7-11-23-50(46)56/h1-36H. The topological polar surface area (TPSA) is 19.1 Å². The second-order valence-electron chi connectivity index (χ2n) is 15.3. The van der Waals surface area contributed by atoms with Gasteiger partial charge < -0.3 is 13.9 Å². The lowest BCUT2D eigenvalue weighted by Gasteiger charge is -2.40. The molecular formula is C54H36N2OSi. The average molecular weight is 757 g/mol. The fourth-order valence-electron chi connectivity index (χ4n) is 9.77. The molecule has 0 aliphatic carbocycles. The first-order chi connectivity index (χ1) is 28.8. The lowest BCUT2D eigenvalue weighted by atomic mass is 10.1. The Morgan fingerprint density at radius 2 is 0.724 bits per heavy atom. The largest absolute Gasteiger partial charge is 0.457 e. The van der Waals surface area contributed by atoms with Crippen LogP contribution in [0.15, 0.2) is 218 Å². The third-order valence-electron chi connectivity index (χ3n) is 12.3. The first-order valence-corrected chi connectivity index (χ1v) is 21.9. The molecule has 0 bridgehead atoms. The third-order valence-corrected chi connectivity index (χ3v) is 17.1. The molecule has 12 rings (SSSR count). The molecule has 9 aromatic carbocycles. The maximum absolute atomic E-state index is 7.03.